The SMILES string of the molecule is COC(=O)C(F)(F)c1cc(C#N)ccc1C(O)c1cccc(Br)n1. The van der Waals surface area contributed by atoms with E-state index in [-0.39, 0.29) is 16.8 Å². The standard InChI is InChI=1S/C16H11BrF2N2O3/c1-24-15(23)16(18,19)11-7-9(8-20)5-6-10(11)14(22)12-3-2-4-13(17)21-12/h2-7,14,22H,1H3. The third-order valence-corrected chi connectivity index (χ3v) is 3.72. The molecule has 1 heterocycles. The number of carbonyl (C=O) groups is 1. The van der Waals surface area contributed by atoms with Gasteiger partial charge in [0, 0.05) is 5.56 Å². The van der Waals surface area contributed by atoms with Crippen molar-refractivity contribution in [3.05, 3.63) is 63.4 Å². The van der Waals surface area contributed by atoms with E-state index in [1.807, 2.05) is 0 Å². The van der Waals surface area contributed by atoms with Gasteiger partial charge in [-0.05, 0) is 45.8 Å². The van der Waals surface area contributed by atoms with Gasteiger partial charge in [0.15, 0.2) is 0 Å². The molecule has 0 spiro atoms. The van der Waals surface area contributed by atoms with Crippen LogP contribution in [0.1, 0.15) is 28.5 Å². The number of aliphatic hydroxyl groups is 1. The van der Waals surface area contributed by atoms with Crippen molar-refractivity contribution in [2.75, 3.05) is 7.11 Å². The molecular formula is C16H11BrF2N2O3. The minimum absolute atomic E-state index is 0.0771. The number of halogens is 3. The summed E-state index contributed by atoms with van der Waals surface area (Å²) in [7, 11) is 0.830. The molecule has 0 aliphatic rings. The molecule has 0 saturated carbocycles. The lowest BCUT2D eigenvalue weighted by atomic mass is 9.93. The van der Waals surface area contributed by atoms with Gasteiger partial charge in [0.05, 0.1) is 24.4 Å². The number of nitriles is 1. The number of alkyl halides is 2. The smallest absolute Gasteiger partial charge is 0.381 e. The number of aromatic nitrogens is 1. The van der Waals surface area contributed by atoms with E-state index in [1.54, 1.807) is 18.2 Å². The molecule has 0 aliphatic carbocycles. The van der Waals surface area contributed by atoms with Gasteiger partial charge >= 0.3 is 11.9 Å². The molecule has 0 bridgehead atoms. The lowest BCUT2D eigenvalue weighted by molar-refractivity contribution is -0.170. The fourth-order valence-electron chi connectivity index (χ4n) is 2.11. The van der Waals surface area contributed by atoms with Gasteiger partial charge < -0.3 is 9.84 Å². The summed E-state index contributed by atoms with van der Waals surface area (Å²) in [5.74, 6) is -5.81. The maximum absolute atomic E-state index is 14.4. The fourth-order valence-corrected chi connectivity index (χ4v) is 2.47. The van der Waals surface area contributed by atoms with Crippen molar-refractivity contribution in [3.63, 3.8) is 0 Å². The van der Waals surface area contributed by atoms with Gasteiger partial charge in [0.1, 0.15) is 10.7 Å². The van der Waals surface area contributed by atoms with Crippen LogP contribution in [-0.4, -0.2) is 23.2 Å². The average molecular weight is 397 g/mol. The molecule has 2 rings (SSSR count). The lowest BCUT2D eigenvalue weighted by Gasteiger charge is -2.21. The molecule has 1 N–H and O–H groups in total. The Bertz CT molecular complexity index is 821. The van der Waals surface area contributed by atoms with Crippen LogP contribution < -0.4 is 0 Å². The second kappa shape index (κ2) is 7.03. The van der Waals surface area contributed by atoms with E-state index in [2.05, 4.69) is 25.7 Å². The van der Waals surface area contributed by atoms with Crippen molar-refractivity contribution in [2.45, 2.75) is 12.0 Å². The van der Waals surface area contributed by atoms with E-state index in [9.17, 15) is 18.7 Å². The van der Waals surface area contributed by atoms with E-state index in [0.717, 1.165) is 19.2 Å². The Morgan fingerprint density at radius 3 is 2.71 bits per heavy atom. The predicted molar refractivity (Wildman–Crippen MR) is 83.1 cm³/mol. The number of methoxy groups -OCH3 is 1. The third kappa shape index (κ3) is 3.42. The Kier molecular flexibility index (Phi) is 5.26. The van der Waals surface area contributed by atoms with Crippen molar-refractivity contribution in [1.82, 2.24) is 4.98 Å². The van der Waals surface area contributed by atoms with Gasteiger partial charge in [-0.15, -0.1) is 0 Å². The van der Waals surface area contributed by atoms with Crippen LogP contribution in [0.2, 0.25) is 0 Å². The molecule has 0 radical (unpaired) electrons. The van der Waals surface area contributed by atoms with Gasteiger partial charge in [0.25, 0.3) is 0 Å². The minimum Gasteiger partial charge on any atom is -0.464 e. The van der Waals surface area contributed by atoms with E-state index < -0.39 is 23.6 Å². The molecule has 1 aromatic heterocycles. The number of benzene rings is 1. The van der Waals surface area contributed by atoms with E-state index in [4.69, 9.17) is 5.26 Å². The summed E-state index contributed by atoms with van der Waals surface area (Å²) in [6.07, 6.45) is -1.51. The van der Waals surface area contributed by atoms with Gasteiger partial charge in [-0.25, -0.2) is 9.78 Å². The van der Waals surface area contributed by atoms with Crippen LogP contribution in [-0.2, 0) is 15.5 Å². The number of carbonyl (C=O) groups excluding carboxylic acids is 1. The number of hydrogen-bond donors (Lipinski definition) is 1. The Balaban J connectivity index is 2.62. The van der Waals surface area contributed by atoms with Gasteiger partial charge in [-0.1, -0.05) is 12.1 Å². The molecule has 124 valence electrons. The van der Waals surface area contributed by atoms with Crippen LogP contribution in [0.4, 0.5) is 8.78 Å². The topological polar surface area (TPSA) is 83.2 Å². The highest BCUT2D eigenvalue weighted by Crippen LogP contribution is 2.37. The Morgan fingerprint density at radius 1 is 1.42 bits per heavy atom. The first-order valence-electron chi connectivity index (χ1n) is 6.62. The molecule has 24 heavy (non-hydrogen) atoms. The molecule has 0 amide bonds. The normalized spacial score (nSPS) is 12.3. The zero-order chi connectivity index (χ0) is 17.9. The maximum atomic E-state index is 14.4. The molecule has 1 atom stereocenters. The maximum Gasteiger partial charge on any atom is 0.381 e. The Hall–Kier alpha value is -2.37. The number of pyridine rings is 1. The van der Waals surface area contributed by atoms with Crippen molar-refractivity contribution in [2.24, 2.45) is 0 Å². The molecule has 1 unspecified atom stereocenters. The van der Waals surface area contributed by atoms with E-state index in [0.29, 0.717) is 4.60 Å². The molecule has 5 nitrogen and oxygen atoms in total. The second-order valence-electron chi connectivity index (χ2n) is 4.77. The summed E-state index contributed by atoms with van der Waals surface area (Å²) in [5, 5.41) is 19.3. The quantitative estimate of drug-likeness (QED) is 0.634. The van der Waals surface area contributed by atoms with E-state index in [1.165, 1.54) is 12.1 Å². The van der Waals surface area contributed by atoms with Gasteiger partial charge in [-0.2, -0.15) is 14.0 Å². The van der Waals surface area contributed by atoms with Crippen LogP contribution in [0, 0.1) is 11.3 Å². The number of ether oxygens (including phenoxy) is 1. The highest BCUT2D eigenvalue weighted by atomic mass is 79.9. The minimum atomic E-state index is -4.02. The first-order chi connectivity index (χ1) is 11.3. The molecule has 0 saturated heterocycles. The molecule has 1 aromatic carbocycles. The number of nitrogens with zero attached hydrogens (tertiary/aromatic N) is 2. The lowest BCUT2D eigenvalue weighted by Crippen LogP contribution is -2.29. The fraction of sp³-hybridized carbons (Fsp3) is 0.188. The summed E-state index contributed by atoms with van der Waals surface area (Å²) in [5.41, 5.74) is -1.01. The van der Waals surface area contributed by atoms with Crippen LogP contribution in [0.3, 0.4) is 0 Å². The molecular weight excluding hydrogens is 386 g/mol. The molecule has 2 aromatic rings. The summed E-state index contributed by atoms with van der Waals surface area (Å²) in [4.78, 5) is 15.5. The third-order valence-electron chi connectivity index (χ3n) is 3.27. The number of rotatable bonds is 4. The molecule has 0 fully saturated rings. The van der Waals surface area contributed by atoms with Crippen molar-refractivity contribution < 1.29 is 23.4 Å². The second-order valence-corrected chi connectivity index (χ2v) is 5.58. The van der Waals surface area contributed by atoms with Crippen molar-refractivity contribution >= 4 is 21.9 Å². The number of esters is 1. The highest BCUT2D eigenvalue weighted by Gasteiger charge is 2.45. The zero-order valence-corrected chi connectivity index (χ0v) is 13.9. The van der Waals surface area contributed by atoms with Crippen LogP contribution >= 0.6 is 15.9 Å². The van der Waals surface area contributed by atoms with Crippen molar-refractivity contribution in [1.29, 1.82) is 5.26 Å². The molecule has 0 aliphatic heterocycles. The first kappa shape index (κ1) is 18.0. The zero-order valence-electron chi connectivity index (χ0n) is 12.3. The summed E-state index contributed by atoms with van der Waals surface area (Å²) in [6, 6.07) is 9.65. The van der Waals surface area contributed by atoms with Crippen molar-refractivity contribution in [3.8, 4) is 6.07 Å². The summed E-state index contributed by atoms with van der Waals surface area (Å²) in [6.45, 7) is 0. The largest absolute Gasteiger partial charge is 0.464 e. The average Bonchev–Trinajstić information content (AvgIpc) is 2.59. The highest BCUT2D eigenvalue weighted by molar-refractivity contribution is 9.10. The monoisotopic (exact) mass is 396 g/mol. The Morgan fingerprint density at radius 2 is 2.12 bits per heavy atom. The van der Waals surface area contributed by atoms with Crippen LogP contribution in [0.5, 0.6) is 0 Å². The van der Waals surface area contributed by atoms with Gasteiger partial charge in [-0.3, -0.25) is 0 Å². The predicted octanol–water partition coefficient (Wildman–Crippen LogP) is 3.06. The van der Waals surface area contributed by atoms with Crippen LogP contribution in [0.25, 0.3) is 0 Å². The number of hydrogen-bond acceptors (Lipinski definition) is 5. The number of aliphatic hydroxyl groups excluding tert-OH is 1. The first-order valence-corrected chi connectivity index (χ1v) is 7.41. The van der Waals surface area contributed by atoms with Gasteiger partial charge in [0.2, 0.25) is 0 Å². The molecule has 8 heteroatoms. The van der Waals surface area contributed by atoms with E-state index >= 15 is 0 Å². The summed E-state index contributed by atoms with van der Waals surface area (Å²) < 4.78 is 33.3. The Labute approximate surface area is 144 Å². The summed E-state index contributed by atoms with van der Waals surface area (Å²) >= 11 is 3.13. The van der Waals surface area contributed by atoms with Crippen LogP contribution in [0.15, 0.2) is 41.0 Å².